The molecule has 0 amide bonds. The Kier molecular flexibility index (Phi) is 5.24. The monoisotopic (exact) mass is 454 g/mol. The first-order valence-electron chi connectivity index (χ1n) is 10.5. The maximum atomic E-state index is 12.4. The highest BCUT2D eigenvalue weighted by molar-refractivity contribution is 7.89. The lowest BCUT2D eigenvalue weighted by Crippen LogP contribution is -2.36. The van der Waals surface area contributed by atoms with Gasteiger partial charge >= 0.3 is 0 Å². The van der Waals surface area contributed by atoms with Crippen LogP contribution < -0.4 is 20.3 Å². The Bertz CT molecular complexity index is 1030. The molecule has 2 aliphatic carbocycles. The summed E-state index contributed by atoms with van der Waals surface area (Å²) in [6.07, 6.45) is 4.00. The van der Waals surface area contributed by atoms with Crippen molar-refractivity contribution in [3.05, 3.63) is 11.2 Å². The Labute approximate surface area is 180 Å². The molecule has 12 heteroatoms. The van der Waals surface area contributed by atoms with E-state index in [1.807, 2.05) is 7.05 Å². The Hall–Kier alpha value is -1.69. The molecule has 1 aliphatic heterocycles. The van der Waals surface area contributed by atoms with Crippen LogP contribution in [0, 0.1) is 11.8 Å². The fraction of sp³-hybridized carbons (Fsp3) is 0.722. The first-order valence-corrected chi connectivity index (χ1v) is 12.6. The van der Waals surface area contributed by atoms with Crippen LogP contribution in [-0.4, -0.2) is 72.5 Å². The highest BCUT2D eigenvalue weighted by Gasteiger charge is 2.55. The van der Waals surface area contributed by atoms with E-state index in [1.54, 1.807) is 6.07 Å². The number of nitrogens with zero attached hydrogens (tertiary/aromatic N) is 5. The molecule has 3 atom stereocenters. The molecule has 5 rings (SSSR count). The van der Waals surface area contributed by atoms with Crippen molar-refractivity contribution in [2.24, 2.45) is 11.8 Å². The zero-order valence-electron chi connectivity index (χ0n) is 16.9. The minimum absolute atomic E-state index is 0.0307. The average molecular weight is 455 g/mol. The van der Waals surface area contributed by atoms with Gasteiger partial charge in [0.15, 0.2) is 10.8 Å². The maximum Gasteiger partial charge on any atom is 0.230 e. The normalized spacial score (nSPS) is 26.5. The van der Waals surface area contributed by atoms with Crippen molar-refractivity contribution in [3.63, 3.8) is 0 Å². The van der Waals surface area contributed by atoms with Gasteiger partial charge in [0.05, 0.1) is 5.75 Å². The summed E-state index contributed by atoms with van der Waals surface area (Å²) in [5.74, 6) is 2.30. The molecule has 2 saturated carbocycles. The summed E-state index contributed by atoms with van der Waals surface area (Å²) < 4.78 is 29.1. The van der Waals surface area contributed by atoms with E-state index in [9.17, 15) is 8.42 Å². The van der Waals surface area contributed by atoms with Gasteiger partial charge in [-0.1, -0.05) is 24.4 Å². The lowest BCUT2D eigenvalue weighted by atomic mass is 10.3. The van der Waals surface area contributed by atoms with E-state index in [-0.39, 0.29) is 18.3 Å². The number of hydrogen-bond donors (Lipinski definition) is 3. The Morgan fingerprint density at radius 2 is 1.93 bits per heavy atom. The summed E-state index contributed by atoms with van der Waals surface area (Å²) in [6, 6.07) is 2.34. The van der Waals surface area contributed by atoms with Crippen molar-refractivity contribution >= 4 is 39.2 Å². The number of anilines is 2. The molecule has 1 saturated heterocycles. The van der Waals surface area contributed by atoms with Gasteiger partial charge in [-0.25, -0.2) is 13.1 Å². The molecule has 2 aromatic heterocycles. The number of fused-ring (bicyclic) bond motifs is 2. The predicted octanol–water partition coefficient (Wildman–Crippen LogP) is 0.706. The van der Waals surface area contributed by atoms with E-state index in [2.05, 4.69) is 35.3 Å². The van der Waals surface area contributed by atoms with Crippen molar-refractivity contribution < 1.29 is 8.42 Å². The molecule has 3 N–H and O–H groups in total. The van der Waals surface area contributed by atoms with Crippen molar-refractivity contribution in [2.45, 2.75) is 37.8 Å². The third kappa shape index (κ3) is 3.95. The number of piperidine rings is 1. The van der Waals surface area contributed by atoms with E-state index in [4.69, 9.17) is 11.6 Å². The van der Waals surface area contributed by atoms with E-state index in [0.29, 0.717) is 40.6 Å². The summed E-state index contributed by atoms with van der Waals surface area (Å²) in [6.45, 7) is 2.04. The summed E-state index contributed by atoms with van der Waals surface area (Å²) in [7, 11) is -1.35. The summed E-state index contributed by atoms with van der Waals surface area (Å²) in [5.41, 5.74) is 0.588. The molecule has 10 nitrogen and oxygen atoms in total. The Morgan fingerprint density at radius 3 is 2.63 bits per heavy atom. The van der Waals surface area contributed by atoms with Crippen molar-refractivity contribution in [1.29, 1.82) is 0 Å². The maximum absolute atomic E-state index is 12.4. The zero-order chi connectivity index (χ0) is 20.9. The van der Waals surface area contributed by atoms with E-state index < -0.39 is 10.0 Å². The highest BCUT2D eigenvalue weighted by atomic mass is 35.5. The minimum Gasteiger partial charge on any atom is -0.353 e. The second-order valence-corrected chi connectivity index (χ2v) is 10.7. The SMILES string of the molecule is CNC1[C@H]2CN(c3nc(NCCS(=O)(=O)NC4CCCC4)n4nc(Cl)cc4n3)C[C@@H]12. The molecule has 2 aromatic rings. The molecular formula is C18H27ClN8O2S. The molecule has 0 radical (unpaired) electrons. The molecular weight excluding hydrogens is 428 g/mol. The van der Waals surface area contributed by atoms with Crippen LogP contribution in [0.15, 0.2) is 6.07 Å². The summed E-state index contributed by atoms with van der Waals surface area (Å²) >= 11 is 6.08. The van der Waals surface area contributed by atoms with Crippen LogP contribution in [0.3, 0.4) is 0 Å². The zero-order valence-corrected chi connectivity index (χ0v) is 18.5. The van der Waals surface area contributed by atoms with Crippen LogP contribution >= 0.6 is 11.6 Å². The first-order chi connectivity index (χ1) is 14.4. The van der Waals surface area contributed by atoms with Gasteiger partial charge in [0.2, 0.25) is 21.9 Å². The molecule has 30 heavy (non-hydrogen) atoms. The van der Waals surface area contributed by atoms with Gasteiger partial charge in [0, 0.05) is 37.8 Å². The van der Waals surface area contributed by atoms with Gasteiger partial charge < -0.3 is 15.5 Å². The smallest absolute Gasteiger partial charge is 0.230 e. The molecule has 3 fully saturated rings. The second kappa shape index (κ2) is 7.77. The third-order valence-corrected chi connectivity index (χ3v) is 8.07. The fourth-order valence-electron chi connectivity index (χ4n) is 4.88. The van der Waals surface area contributed by atoms with Crippen LogP contribution in [0.25, 0.3) is 5.65 Å². The lowest BCUT2D eigenvalue weighted by molar-refractivity contribution is 0.552. The van der Waals surface area contributed by atoms with Gasteiger partial charge in [0.25, 0.3) is 0 Å². The molecule has 0 bridgehead atoms. The van der Waals surface area contributed by atoms with E-state index in [0.717, 1.165) is 38.8 Å². The number of nitrogens with one attached hydrogen (secondary N) is 3. The van der Waals surface area contributed by atoms with Gasteiger partial charge in [-0.15, -0.1) is 0 Å². The van der Waals surface area contributed by atoms with Crippen LogP contribution in [0.2, 0.25) is 5.15 Å². The van der Waals surface area contributed by atoms with Crippen LogP contribution in [0.5, 0.6) is 0 Å². The van der Waals surface area contributed by atoms with E-state index >= 15 is 0 Å². The number of sulfonamides is 1. The summed E-state index contributed by atoms with van der Waals surface area (Å²) in [4.78, 5) is 11.4. The van der Waals surface area contributed by atoms with Crippen LogP contribution in [0.1, 0.15) is 25.7 Å². The third-order valence-electron chi connectivity index (χ3n) is 6.45. The topological polar surface area (TPSA) is 117 Å². The standard InChI is InChI=1S/C18H27ClN8O2S/c1-20-16-12-9-26(10-13(12)16)18-22-15-8-14(19)24-27(15)17(23-18)21-6-7-30(28,29)25-11-4-2-3-5-11/h8,11-13,16,20,25H,2-7,9-10H2,1H3,(H,21,22,23)/t12-,13+,16?. The van der Waals surface area contributed by atoms with Crippen molar-refractivity contribution in [3.8, 4) is 0 Å². The molecule has 0 aromatic carbocycles. The summed E-state index contributed by atoms with van der Waals surface area (Å²) in [5, 5.41) is 11.0. The van der Waals surface area contributed by atoms with Gasteiger partial charge in [-0.2, -0.15) is 19.6 Å². The molecule has 164 valence electrons. The van der Waals surface area contributed by atoms with Crippen molar-refractivity contribution in [2.75, 3.05) is 42.7 Å². The number of halogens is 1. The first kappa shape index (κ1) is 20.2. The van der Waals surface area contributed by atoms with E-state index in [1.165, 1.54) is 4.52 Å². The quantitative estimate of drug-likeness (QED) is 0.534. The number of hydrogen-bond acceptors (Lipinski definition) is 8. The molecule has 1 unspecified atom stereocenters. The fourth-order valence-corrected chi connectivity index (χ4v) is 6.28. The van der Waals surface area contributed by atoms with Crippen molar-refractivity contribution in [1.82, 2.24) is 29.6 Å². The van der Waals surface area contributed by atoms with Crippen LogP contribution in [-0.2, 0) is 10.0 Å². The Morgan fingerprint density at radius 1 is 1.20 bits per heavy atom. The Balaban J connectivity index is 1.28. The molecule has 3 aliphatic rings. The van der Waals surface area contributed by atoms with Gasteiger partial charge in [-0.3, -0.25) is 0 Å². The largest absolute Gasteiger partial charge is 0.353 e. The minimum atomic E-state index is -3.35. The number of rotatable bonds is 8. The number of aromatic nitrogens is 4. The van der Waals surface area contributed by atoms with Crippen LogP contribution in [0.4, 0.5) is 11.9 Å². The molecule has 0 spiro atoms. The molecule has 3 heterocycles. The van der Waals surface area contributed by atoms with Gasteiger partial charge in [0.1, 0.15) is 0 Å². The highest BCUT2D eigenvalue weighted by Crippen LogP contribution is 2.46. The second-order valence-electron chi connectivity index (χ2n) is 8.48. The predicted molar refractivity (Wildman–Crippen MR) is 116 cm³/mol. The lowest BCUT2D eigenvalue weighted by Gasteiger charge is -2.20. The van der Waals surface area contributed by atoms with Gasteiger partial charge in [-0.05, 0) is 31.7 Å². The average Bonchev–Trinajstić information content (AvgIpc) is 3.16.